The van der Waals surface area contributed by atoms with Crippen molar-refractivity contribution in [3.63, 3.8) is 0 Å². The highest BCUT2D eigenvalue weighted by atomic mass is 16.6. The summed E-state index contributed by atoms with van der Waals surface area (Å²) in [5.41, 5.74) is 0.669. The number of hydrogen-bond donors (Lipinski definition) is 1. The first-order valence-electron chi connectivity index (χ1n) is 6.28. The predicted molar refractivity (Wildman–Crippen MR) is 70.9 cm³/mol. The van der Waals surface area contributed by atoms with E-state index in [-0.39, 0.29) is 11.3 Å². The van der Waals surface area contributed by atoms with E-state index in [0.717, 1.165) is 31.6 Å². The van der Waals surface area contributed by atoms with Gasteiger partial charge in [-0.05, 0) is 38.3 Å². The molecule has 1 aliphatic heterocycles. The van der Waals surface area contributed by atoms with Crippen LogP contribution in [-0.4, -0.2) is 29.1 Å². The standard InChI is InChI=1S/C13H16N2O4/c1-9-11(14-7-3-2-4-8-14)6-5-10(13(16)17)12(9)15(18)19/h5-6H,2-4,7-8H2,1H3,(H,16,17). The molecule has 102 valence electrons. The zero-order valence-corrected chi connectivity index (χ0v) is 10.8. The van der Waals surface area contributed by atoms with Crippen molar-refractivity contribution in [2.45, 2.75) is 26.2 Å². The third kappa shape index (κ3) is 2.52. The molecule has 6 heteroatoms. The fraction of sp³-hybridized carbons (Fsp3) is 0.462. The van der Waals surface area contributed by atoms with E-state index in [4.69, 9.17) is 5.11 Å². The average Bonchev–Trinajstić information content (AvgIpc) is 2.38. The number of hydrogen-bond acceptors (Lipinski definition) is 4. The van der Waals surface area contributed by atoms with Gasteiger partial charge in [-0.15, -0.1) is 0 Å². The smallest absolute Gasteiger partial charge is 0.342 e. The van der Waals surface area contributed by atoms with Gasteiger partial charge in [0.2, 0.25) is 0 Å². The zero-order chi connectivity index (χ0) is 14.0. The Kier molecular flexibility index (Phi) is 3.69. The van der Waals surface area contributed by atoms with Gasteiger partial charge in [0.25, 0.3) is 5.69 Å². The summed E-state index contributed by atoms with van der Waals surface area (Å²) < 4.78 is 0. The maximum absolute atomic E-state index is 11.1. The second-order valence-electron chi connectivity index (χ2n) is 4.72. The maximum atomic E-state index is 11.1. The Balaban J connectivity index is 2.49. The van der Waals surface area contributed by atoms with Crippen LogP contribution in [-0.2, 0) is 0 Å². The molecule has 0 spiro atoms. The van der Waals surface area contributed by atoms with Gasteiger partial charge in [0.05, 0.1) is 10.5 Å². The van der Waals surface area contributed by atoms with Crippen LogP contribution in [0.3, 0.4) is 0 Å². The van der Waals surface area contributed by atoms with Gasteiger partial charge in [-0.3, -0.25) is 10.1 Å². The van der Waals surface area contributed by atoms with Crippen LogP contribution in [0.1, 0.15) is 35.2 Å². The van der Waals surface area contributed by atoms with Gasteiger partial charge in [-0.25, -0.2) is 4.79 Å². The summed E-state index contributed by atoms with van der Waals surface area (Å²) >= 11 is 0. The van der Waals surface area contributed by atoms with Crippen LogP contribution in [0.15, 0.2) is 12.1 Å². The third-order valence-electron chi connectivity index (χ3n) is 3.51. The van der Waals surface area contributed by atoms with Gasteiger partial charge in [-0.2, -0.15) is 0 Å². The molecule has 0 bridgehead atoms. The summed E-state index contributed by atoms with van der Waals surface area (Å²) in [4.78, 5) is 23.6. The number of piperidine rings is 1. The first-order chi connectivity index (χ1) is 9.02. The molecule has 1 aromatic carbocycles. The largest absolute Gasteiger partial charge is 0.477 e. The summed E-state index contributed by atoms with van der Waals surface area (Å²) in [6.07, 6.45) is 3.30. The molecule has 0 unspecified atom stereocenters. The molecule has 1 N–H and O–H groups in total. The molecule has 1 heterocycles. The second-order valence-corrected chi connectivity index (χ2v) is 4.72. The lowest BCUT2D eigenvalue weighted by molar-refractivity contribution is -0.385. The van der Waals surface area contributed by atoms with E-state index in [1.54, 1.807) is 13.0 Å². The predicted octanol–water partition coefficient (Wildman–Crippen LogP) is 2.59. The van der Waals surface area contributed by atoms with Crippen LogP contribution in [0.5, 0.6) is 0 Å². The molecular weight excluding hydrogens is 248 g/mol. The van der Waals surface area contributed by atoms with Crippen molar-refractivity contribution in [3.05, 3.63) is 33.4 Å². The number of carbonyl (C=O) groups is 1. The van der Waals surface area contributed by atoms with Crippen LogP contribution in [0.4, 0.5) is 11.4 Å². The topological polar surface area (TPSA) is 83.7 Å². The normalized spacial score (nSPS) is 15.3. The molecule has 1 saturated heterocycles. The van der Waals surface area contributed by atoms with Crippen LogP contribution < -0.4 is 4.90 Å². The van der Waals surface area contributed by atoms with Crippen LogP contribution in [0.25, 0.3) is 0 Å². The van der Waals surface area contributed by atoms with Crippen molar-refractivity contribution < 1.29 is 14.8 Å². The number of aromatic carboxylic acids is 1. The zero-order valence-electron chi connectivity index (χ0n) is 10.8. The molecule has 0 aliphatic carbocycles. The summed E-state index contributed by atoms with van der Waals surface area (Å²) in [7, 11) is 0. The third-order valence-corrected chi connectivity index (χ3v) is 3.51. The number of anilines is 1. The number of nitrogens with zero attached hydrogens (tertiary/aromatic N) is 2. The lowest BCUT2D eigenvalue weighted by Gasteiger charge is -2.30. The van der Waals surface area contributed by atoms with Gasteiger partial charge in [0.1, 0.15) is 5.56 Å². The van der Waals surface area contributed by atoms with Crippen LogP contribution in [0.2, 0.25) is 0 Å². The number of rotatable bonds is 3. The molecule has 0 saturated carbocycles. The summed E-state index contributed by atoms with van der Waals surface area (Å²) in [6.45, 7) is 3.35. The number of nitro groups is 1. The van der Waals surface area contributed by atoms with E-state index < -0.39 is 10.9 Å². The Morgan fingerprint density at radius 1 is 1.32 bits per heavy atom. The molecule has 0 radical (unpaired) electrons. The lowest BCUT2D eigenvalue weighted by atomic mass is 10.0. The Labute approximate surface area is 110 Å². The van der Waals surface area contributed by atoms with Gasteiger partial charge in [0, 0.05) is 18.8 Å². The molecule has 0 atom stereocenters. The lowest BCUT2D eigenvalue weighted by Crippen LogP contribution is -2.30. The number of benzene rings is 1. The SMILES string of the molecule is Cc1c(N2CCCCC2)ccc(C(=O)O)c1[N+](=O)[O-]. The van der Waals surface area contributed by atoms with Crippen molar-refractivity contribution >= 4 is 17.3 Å². The molecular formula is C13H16N2O4. The van der Waals surface area contributed by atoms with Crippen molar-refractivity contribution in [2.24, 2.45) is 0 Å². The fourth-order valence-electron chi connectivity index (χ4n) is 2.57. The number of carboxylic acid groups (broad SMARTS) is 1. The molecule has 1 fully saturated rings. The molecule has 0 amide bonds. The van der Waals surface area contributed by atoms with E-state index in [2.05, 4.69) is 4.90 Å². The molecule has 1 aromatic rings. The van der Waals surface area contributed by atoms with Crippen LogP contribution in [0, 0.1) is 17.0 Å². The Morgan fingerprint density at radius 2 is 1.95 bits per heavy atom. The Bertz CT molecular complexity index is 522. The highest BCUT2D eigenvalue weighted by molar-refractivity contribution is 5.94. The van der Waals surface area contributed by atoms with Crippen molar-refractivity contribution in [1.29, 1.82) is 0 Å². The summed E-state index contributed by atoms with van der Waals surface area (Å²) in [6, 6.07) is 3.01. The second kappa shape index (κ2) is 5.26. The minimum absolute atomic E-state index is 0.247. The first kappa shape index (κ1) is 13.3. The van der Waals surface area contributed by atoms with E-state index >= 15 is 0 Å². The summed E-state index contributed by atoms with van der Waals surface area (Å²) in [5.74, 6) is -1.26. The fourth-order valence-corrected chi connectivity index (χ4v) is 2.57. The van der Waals surface area contributed by atoms with Gasteiger partial charge >= 0.3 is 5.97 Å². The van der Waals surface area contributed by atoms with Gasteiger partial charge < -0.3 is 10.0 Å². The summed E-state index contributed by atoms with van der Waals surface area (Å²) in [5, 5.41) is 20.1. The van der Waals surface area contributed by atoms with E-state index in [1.807, 2.05) is 0 Å². The number of nitro benzene ring substituents is 1. The first-order valence-corrected chi connectivity index (χ1v) is 6.28. The van der Waals surface area contributed by atoms with E-state index in [1.165, 1.54) is 12.5 Å². The maximum Gasteiger partial charge on any atom is 0.342 e. The van der Waals surface area contributed by atoms with Crippen LogP contribution >= 0.6 is 0 Å². The minimum atomic E-state index is -1.26. The molecule has 0 aromatic heterocycles. The van der Waals surface area contributed by atoms with Gasteiger partial charge in [0.15, 0.2) is 0 Å². The highest BCUT2D eigenvalue weighted by Crippen LogP contribution is 2.33. The molecule has 19 heavy (non-hydrogen) atoms. The van der Waals surface area contributed by atoms with Crippen molar-refractivity contribution in [1.82, 2.24) is 0 Å². The van der Waals surface area contributed by atoms with Gasteiger partial charge in [-0.1, -0.05) is 0 Å². The Hall–Kier alpha value is -2.11. The molecule has 2 rings (SSSR count). The monoisotopic (exact) mass is 264 g/mol. The average molecular weight is 264 g/mol. The number of carboxylic acids is 1. The highest BCUT2D eigenvalue weighted by Gasteiger charge is 2.26. The Morgan fingerprint density at radius 3 is 2.47 bits per heavy atom. The quantitative estimate of drug-likeness (QED) is 0.670. The van der Waals surface area contributed by atoms with E-state index in [0.29, 0.717) is 5.56 Å². The molecule has 6 nitrogen and oxygen atoms in total. The van der Waals surface area contributed by atoms with E-state index in [9.17, 15) is 14.9 Å². The minimum Gasteiger partial charge on any atom is -0.477 e. The van der Waals surface area contributed by atoms with Crippen molar-refractivity contribution in [3.8, 4) is 0 Å². The van der Waals surface area contributed by atoms with Crippen molar-refractivity contribution in [2.75, 3.05) is 18.0 Å². The molecule has 1 aliphatic rings.